The monoisotopic (exact) mass is 193 g/mol. The number of hydrogen-bond donors (Lipinski definition) is 1. The predicted molar refractivity (Wildman–Crippen MR) is 49.3 cm³/mol. The zero-order chi connectivity index (χ0) is 9.97. The fraction of sp³-hybridized carbons (Fsp3) is 0.375. The Bertz CT molecular complexity index is 419. The van der Waals surface area contributed by atoms with Crippen molar-refractivity contribution in [2.24, 2.45) is 5.73 Å². The lowest BCUT2D eigenvalue weighted by atomic mass is 10.5. The maximum absolute atomic E-state index is 5.41. The molecule has 0 radical (unpaired) electrons. The zero-order valence-corrected chi connectivity index (χ0v) is 7.84. The van der Waals surface area contributed by atoms with Gasteiger partial charge in [0.25, 0.3) is 5.89 Å². The van der Waals surface area contributed by atoms with Crippen LogP contribution in [0.3, 0.4) is 0 Å². The fourth-order valence-electron chi connectivity index (χ4n) is 1.14. The maximum Gasteiger partial charge on any atom is 0.278 e. The summed E-state index contributed by atoms with van der Waals surface area (Å²) in [6, 6.07) is 0. The average Bonchev–Trinajstić information content (AvgIpc) is 2.74. The number of hydrogen-bond acceptors (Lipinski definition) is 5. The van der Waals surface area contributed by atoms with Crippen molar-refractivity contribution in [2.45, 2.75) is 13.5 Å². The SMILES string of the molecule is Cc1noc(-c2cn(CCN)cn2)n1. The Kier molecular flexibility index (Phi) is 2.28. The second-order valence-electron chi connectivity index (χ2n) is 2.93. The topological polar surface area (TPSA) is 82.8 Å². The van der Waals surface area contributed by atoms with Crippen LogP contribution in [0.15, 0.2) is 17.0 Å². The predicted octanol–water partition coefficient (Wildman–Crippen LogP) is 0.200. The molecule has 2 rings (SSSR count). The molecule has 74 valence electrons. The van der Waals surface area contributed by atoms with Crippen LogP contribution in [-0.2, 0) is 6.54 Å². The Hall–Kier alpha value is -1.69. The van der Waals surface area contributed by atoms with Crippen molar-refractivity contribution in [3.8, 4) is 11.6 Å². The summed E-state index contributed by atoms with van der Waals surface area (Å²) in [7, 11) is 0. The van der Waals surface area contributed by atoms with E-state index >= 15 is 0 Å². The molecule has 0 atom stereocenters. The van der Waals surface area contributed by atoms with Crippen molar-refractivity contribution in [1.29, 1.82) is 0 Å². The number of aryl methyl sites for hydroxylation is 1. The van der Waals surface area contributed by atoms with E-state index in [2.05, 4.69) is 15.1 Å². The lowest BCUT2D eigenvalue weighted by Gasteiger charge is -1.94. The first-order valence-corrected chi connectivity index (χ1v) is 4.32. The molecule has 0 aliphatic heterocycles. The molecule has 0 aliphatic rings. The van der Waals surface area contributed by atoms with Gasteiger partial charge in [-0.3, -0.25) is 0 Å². The summed E-state index contributed by atoms with van der Waals surface area (Å²) < 4.78 is 6.86. The van der Waals surface area contributed by atoms with E-state index in [1.54, 1.807) is 13.3 Å². The first kappa shape index (κ1) is 8.89. The Morgan fingerprint density at radius 2 is 2.43 bits per heavy atom. The van der Waals surface area contributed by atoms with Crippen LogP contribution in [-0.4, -0.2) is 26.2 Å². The number of nitrogens with zero attached hydrogens (tertiary/aromatic N) is 4. The van der Waals surface area contributed by atoms with Gasteiger partial charge in [-0.25, -0.2) is 4.98 Å². The molecule has 2 aromatic heterocycles. The standard InChI is InChI=1S/C8H11N5O/c1-6-11-8(14-12-6)7-4-13(3-2-9)5-10-7/h4-5H,2-3,9H2,1H3. The van der Waals surface area contributed by atoms with Gasteiger partial charge in [-0.15, -0.1) is 0 Å². The van der Waals surface area contributed by atoms with Crippen LogP contribution >= 0.6 is 0 Å². The molecule has 0 fully saturated rings. The van der Waals surface area contributed by atoms with Crippen LogP contribution in [0.5, 0.6) is 0 Å². The lowest BCUT2D eigenvalue weighted by Crippen LogP contribution is -2.07. The van der Waals surface area contributed by atoms with Crippen LogP contribution in [0.4, 0.5) is 0 Å². The first-order valence-electron chi connectivity index (χ1n) is 4.32. The highest BCUT2D eigenvalue weighted by Crippen LogP contribution is 2.13. The number of nitrogens with two attached hydrogens (primary N) is 1. The van der Waals surface area contributed by atoms with Crippen LogP contribution < -0.4 is 5.73 Å². The second-order valence-corrected chi connectivity index (χ2v) is 2.93. The highest BCUT2D eigenvalue weighted by molar-refractivity contribution is 5.44. The molecule has 14 heavy (non-hydrogen) atoms. The van der Waals surface area contributed by atoms with E-state index in [9.17, 15) is 0 Å². The molecular formula is C8H11N5O. The minimum Gasteiger partial charge on any atom is -0.335 e. The van der Waals surface area contributed by atoms with Gasteiger partial charge in [0.15, 0.2) is 5.82 Å². The van der Waals surface area contributed by atoms with Gasteiger partial charge in [0.1, 0.15) is 5.69 Å². The van der Waals surface area contributed by atoms with E-state index in [-0.39, 0.29) is 0 Å². The van der Waals surface area contributed by atoms with Crippen molar-refractivity contribution < 1.29 is 4.52 Å². The summed E-state index contributed by atoms with van der Waals surface area (Å²) >= 11 is 0. The third-order valence-corrected chi connectivity index (χ3v) is 1.77. The zero-order valence-electron chi connectivity index (χ0n) is 7.84. The van der Waals surface area contributed by atoms with Crippen LogP contribution in [0, 0.1) is 6.92 Å². The summed E-state index contributed by atoms with van der Waals surface area (Å²) in [5.41, 5.74) is 6.09. The van der Waals surface area contributed by atoms with E-state index in [0.717, 1.165) is 6.54 Å². The van der Waals surface area contributed by atoms with E-state index < -0.39 is 0 Å². The number of imidazole rings is 1. The van der Waals surface area contributed by atoms with E-state index in [0.29, 0.717) is 24.0 Å². The summed E-state index contributed by atoms with van der Waals surface area (Å²) in [5.74, 6) is 1.05. The van der Waals surface area contributed by atoms with Gasteiger partial charge in [-0.1, -0.05) is 5.16 Å². The van der Waals surface area contributed by atoms with Gasteiger partial charge >= 0.3 is 0 Å². The fourth-order valence-corrected chi connectivity index (χ4v) is 1.14. The first-order chi connectivity index (χ1) is 6.79. The molecule has 0 aromatic carbocycles. The molecule has 0 unspecified atom stereocenters. The molecule has 6 nitrogen and oxygen atoms in total. The van der Waals surface area contributed by atoms with Crippen molar-refractivity contribution >= 4 is 0 Å². The second kappa shape index (κ2) is 3.59. The maximum atomic E-state index is 5.41. The molecule has 6 heteroatoms. The average molecular weight is 193 g/mol. The summed E-state index contributed by atoms with van der Waals surface area (Å²) in [6.07, 6.45) is 3.53. The van der Waals surface area contributed by atoms with Crippen molar-refractivity contribution in [3.63, 3.8) is 0 Å². The van der Waals surface area contributed by atoms with E-state index in [1.807, 2.05) is 10.8 Å². The summed E-state index contributed by atoms with van der Waals surface area (Å²) in [6.45, 7) is 3.09. The highest BCUT2D eigenvalue weighted by atomic mass is 16.5. The molecule has 0 bridgehead atoms. The highest BCUT2D eigenvalue weighted by Gasteiger charge is 2.08. The Morgan fingerprint density at radius 1 is 1.57 bits per heavy atom. The smallest absolute Gasteiger partial charge is 0.278 e. The van der Waals surface area contributed by atoms with Crippen LogP contribution in [0.1, 0.15) is 5.82 Å². The third-order valence-electron chi connectivity index (χ3n) is 1.77. The Morgan fingerprint density at radius 3 is 3.07 bits per heavy atom. The Balaban J connectivity index is 2.24. The quantitative estimate of drug-likeness (QED) is 0.752. The molecular weight excluding hydrogens is 182 g/mol. The number of rotatable bonds is 3. The van der Waals surface area contributed by atoms with Gasteiger partial charge in [0, 0.05) is 19.3 Å². The third kappa shape index (κ3) is 1.64. The molecule has 2 aromatic rings. The van der Waals surface area contributed by atoms with Crippen LogP contribution in [0.2, 0.25) is 0 Å². The molecule has 0 saturated carbocycles. The van der Waals surface area contributed by atoms with Gasteiger partial charge in [0.2, 0.25) is 0 Å². The van der Waals surface area contributed by atoms with Gasteiger partial charge in [0.05, 0.1) is 6.33 Å². The van der Waals surface area contributed by atoms with Crippen LogP contribution in [0.25, 0.3) is 11.6 Å². The van der Waals surface area contributed by atoms with Gasteiger partial charge < -0.3 is 14.8 Å². The molecule has 2 heterocycles. The van der Waals surface area contributed by atoms with Crippen molar-refractivity contribution in [1.82, 2.24) is 19.7 Å². The van der Waals surface area contributed by atoms with Gasteiger partial charge in [-0.05, 0) is 6.92 Å². The van der Waals surface area contributed by atoms with Crippen molar-refractivity contribution in [3.05, 3.63) is 18.3 Å². The molecule has 0 spiro atoms. The molecule has 0 amide bonds. The normalized spacial score (nSPS) is 10.7. The minimum atomic E-state index is 0.443. The van der Waals surface area contributed by atoms with E-state index in [1.165, 1.54) is 0 Å². The molecule has 0 saturated heterocycles. The molecule has 2 N–H and O–H groups in total. The number of aromatic nitrogens is 4. The Labute approximate surface area is 80.7 Å². The lowest BCUT2D eigenvalue weighted by molar-refractivity contribution is 0.424. The van der Waals surface area contributed by atoms with Gasteiger partial charge in [-0.2, -0.15) is 4.98 Å². The summed E-state index contributed by atoms with van der Waals surface area (Å²) in [4.78, 5) is 8.20. The summed E-state index contributed by atoms with van der Waals surface area (Å²) in [5, 5.41) is 3.69. The van der Waals surface area contributed by atoms with Crippen molar-refractivity contribution in [2.75, 3.05) is 6.54 Å². The largest absolute Gasteiger partial charge is 0.335 e. The van der Waals surface area contributed by atoms with E-state index in [4.69, 9.17) is 10.3 Å². The molecule has 0 aliphatic carbocycles. The minimum absolute atomic E-state index is 0.443.